The van der Waals surface area contributed by atoms with Crippen LogP contribution < -0.4 is 0 Å². The van der Waals surface area contributed by atoms with E-state index >= 15 is 0 Å². The van der Waals surface area contributed by atoms with Crippen molar-refractivity contribution >= 4 is 17.6 Å². The molecule has 144 valence electrons. The van der Waals surface area contributed by atoms with E-state index in [2.05, 4.69) is 4.98 Å². The van der Waals surface area contributed by atoms with Gasteiger partial charge in [0.2, 0.25) is 0 Å². The van der Waals surface area contributed by atoms with Crippen LogP contribution in [-0.2, 0) is 11.0 Å². The minimum absolute atomic E-state index is 0.318. The molecule has 2 heterocycles. The second-order valence-electron chi connectivity index (χ2n) is 6.48. The van der Waals surface area contributed by atoms with Crippen molar-refractivity contribution in [2.24, 2.45) is 0 Å². The van der Waals surface area contributed by atoms with Gasteiger partial charge in [0.1, 0.15) is 6.04 Å². The molecule has 0 radical (unpaired) electrons. The number of rotatable bonds is 4. The molecule has 1 N–H and O–H groups in total. The highest BCUT2D eigenvalue weighted by molar-refractivity contribution is 6.31. The van der Waals surface area contributed by atoms with E-state index in [1.807, 2.05) is 0 Å². The van der Waals surface area contributed by atoms with E-state index in [1.165, 1.54) is 12.1 Å². The molecule has 1 saturated heterocycles. The number of halogens is 4. The lowest BCUT2D eigenvalue weighted by atomic mass is 9.93. The van der Waals surface area contributed by atoms with Crippen LogP contribution in [0, 0.1) is 0 Å². The zero-order valence-corrected chi connectivity index (χ0v) is 15.0. The molecule has 0 aliphatic carbocycles. The van der Waals surface area contributed by atoms with Crippen molar-refractivity contribution < 1.29 is 23.1 Å². The van der Waals surface area contributed by atoms with Crippen LogP contribution in [0.15, 0.2) is 42.6 Å². The molecule has 0 amide bonds. The Kier molecular flexibility index (Phi) is 5.72. The molecule has 1 aliphatic rings. The normalized spacial score (nSPS) is 19.6. The Morgan fingerprint density at radius 1 is 1.26 bits per heavy atom. The summed E-state index contributed by atoms with van der Waals surface area (Å²) in [7, 11) is 0. The van der Waals surface area contributed by atoms with Crippen LogP contribution in [0.25, 0.3) is 0 Å². The molecule has 2 atom stereocenters. The van der Waals surface area contributed by atoms with Crippen molar-refractivity contribution in [3.63, 3.8) is 0 Å². The van der Waals surface area contributed by atoms with Gasteiger partial charge in [-0.25, -0.2) is 0 Å². The Hall–Kier alpha value is -2.12. The van der Waals surface area contributed by atoms with E-state index < -0.39 is 29.8 Å². The van der Waals surface area contributed by atoms with Crippen molar-refractivity contribution in [3.8, 4) is 0 Å². The first-order valence-corrected chi connectivity index (χ1v) is 8.93. The van der Waals surface area contributed by atoms with E-state index in [4.69, 9.17) is 11.6 Å². The van der Waals surface area contributed by atoms with Crippen LogP contribution in [0.2, 0.25) is 5.02 Å². The van der Waals surface area contributed by atoms with Crippen molar-refractivity contribution in [2.45, 2.75) is 37.5 Å². The van der Waals surface area contributed by atoms with Gasteiger partial charge in [-0.15, -0.1) is 0 Å². The summed E-state index contributed by atoms with van der Waals surface area (Å²) < 4.78 is 40.0. The van der Waals surface area contributed by atoms with E-state index in [0.717, 1.165) is 18.9 Å². The summed E-state index contributed by atoms with van der Waals surface area (Å²) >= 11 is 5.75. The third-order valence-electron chi connectivity index (χ3n) is 4.74. The van der Waals surface area contributed by atoms with Crippen molar-refractivity contribution in [1.29, 1.82) is 0 Å². The fourth-order valence-corrected chi connectivity index (χ4v) is 3.75. The average molecular weight is 399 g/mol. The van der Waals surface area contributed by atoms with Crippen LogP contribution >= 0.6 is 11.6 Å². The number of likely N-dealkylation sites (tertiary alicyclic amines) is 1. The quantitative estimate of drug-likeness (QED) is 0.805. The maximum atomic E-state index is 13.3. The minimum Gasteiger partial charge on any atom is -0.480 e. The topological polar surface area (TPSA) is 53.4 Å². The summed E-state index contributed by atoms with van der Waals surface area (Å²) in [5, 5.41) is 9.23. The third-order valence-corrected chi connectivity index (χ3v) is 5.07. The first-order valence-electron chi connectivity index (χ1n) is 8.55. The highest BCUT2D eigenvalue weighted by Crippen LogP contribution is 2.39. The molecule has 0 spiro atoms. The average Bonchev–Trinajstić information content (AvgIpc) is 2.63. The predicted molar refractivity (Wildman–Crippen MR) is 94.5 cm³/mol. The molecule has 2 aromatic rings. The zero-order chi connectivity index (χ0) is 19.6. The smallest absolute Gasteiger partial charge is 0.417 e. The minimum atomic E-state index is -4.60. The second kappa shape index (κ2) is 7.86. The number of hydrogen-bond donors (Lipinski definition) is 1. The molecule has 1 aliphatic heterocycles. The van der Waals surface area contributed by atoms with E-state index in [0.29, 0.717) is 24.2 Å². The first kappa shape index (κ1) is 19.6. The van der Waals surface area contributed by atoms with Crippen LogP contribution in [0.1, 0.15) is 42.1 Å². The molecule has 1 aromatic heterocycles. The highest BCUT2D eigenvalue weighted by Gasteiger charge is 2.38. The molecule has 1 aromatic carbocycles. The lowest BCUT2D eigenvalue weighted by molar-refractivity contribution is -0.145. The number of benzene rings is 1. The number of hydrogen-bond acceptors (Lipinski definition) is 3. The second-order valence-corrected chi connectivity index (χ2v) is 6.89. The standard InChI is InChI=1S/C19H18ClF3N2O2/c20-14-8-7-12(11-13(14)19(21,22)23)17(15-5-1-3-9-24-15)25-10-4-2-6-16(25)18(26)27/h1,3,5,7-9,11,16-17H,2,4,6,10H2,(H,26,27). The van der Waals surface area contributed by atoms with Gasteiger partial charge in [0.15, 0.2) is 0 Å². The Balaban J connectivity index is 2.13. The largest absolute Gasteiger partial charge is 0.480 e. The summed E-state index contributed by atoms with van der Waals surface area (Å²) in [5.74, 6) is -0.986. The molecule has 1 fully saturated rings. The number of carboxylic acids is 1. The lowest BCUT2D eigenvalue weighted by Crippen LogP contribution is -2.47. The van der Waals surface area contributed by atoms with Gasteiger partial charge in [-0.1, -0.05) is 30.2 Å². The number of aromatic nitrogens is 1. The van der Waals surface area contributed by atoms with E-state index in [-0.39, 0.29) is 5.02 Å². The van der Waals surface area contributed by atoms with Gasteiger partial charge >= 0.3 is 12.1 Å². The molecule has 0 bridgehead atoms. The molecule has 27 heavy (non-hydrogen) atoms. The van der Waals surface area contributed by atoms with Gasteiger partial charge < -0.3 is 5.11 Å². The predicted octanol–water partition coefficient (Wildman–Crippen LogP) is 4.78. The molecule has 3 rings (SSSR count). The van der Waals surface area contributed by atoms with Crippen LogP contribution in [0.4, 0.5) is 13.2 Å². The Labute approximate surface area is 159 Å². The molecule has 0 saturated carbocycles. The summed E-state index contributed by atoms with van der Waals surface area (Å²) in [6, 6.07) is 7.35. The first-order chi connectivity index (χ1) is 12.8. The van der Waals surface area contributed by atoms with Gasteiger partial charge in [-0.05, 0) is 49.2 Å². The van der Waals surface area contributed by atoms with E-state index in [9.17, 15) is 23.1 Å². The Bertz CT molecular complexity index is 814. The number of alkyl halides is 3. The number of pyridine rings is 1. The van der Waals surface area contributed by atoms with Crippen molar-refractivity contribution in [3.05, 3.63) is 64.4 Å². The number of piperidine rings is 1. The SMILES string of the molecule is O=C(O)C1CCCCN1C(c1ccc(Cl)c(C(F)(F)F)c1)c1ccccn1. The fourth-order valence-electron chi connectivity index (χ4n) is 3.53. The summed E-state index contributed by atoms with van der Waals surface area (Å²) in [6.45, 7) is 0.461. The molecule has 4 nitrogen and oxygen atoms in total. The monoisotopic (exact) mass is 398 g/mol. The Morgan fingerprint density at radius 2 is 2.04 bits per heavy atom. The number of aliphatic carboxylic acids is 1. The number of carboxylic acid groups (broad SMARTS) is 1. The van der Waals surface area contributed by atoms with Crippen LogP contribution in [0.3, 0.4) is 0 Å². The molecular formula is C19H18ClF3N2O2. The highest BCUT2D eigenvalue weighted by atomic mass is 35.5. The van der Waals surface area contributed by atoms with Gasteiger partial charge in [0.05, 0.1) is 22.3 Å². The fraction of sp³-hybridized carbons (Fsp3) is 0.368. The van der Waals surface area contributed by atoms with Crippen LogP contribution in [0.5, 0.6) is 0 Å². The van der Waals surface area contributed by atoms with Crippen molar-refractivity contribution in [1.82, 2.24) is 9.88 Å². The molecular weight excluding hydrogens is 381 g/mol. The van der Waals surface area contributed by atoms with Gasteiger partial charge in [0, 0.05) is 6.20 Å². The van der Waals surface area contributed by atoms with E-state index in [1.54, 1.807) is 29.3 Å². The number of nitrogens with zero attached hydrogens (tertiary/aromatic N) is 2. The lowest BCUT2D eigenvalue weighted by Gasteiger charge is -2.39. The summed E-state index contributed by atoms with van der Waals surface area (Å²) in [4.78, 5) is 17.8. The number of carbonyl (C=O) groups is 1. The maximum Gasteiger partial charge on any atom is 0.417 e. The summed E-state index contributed by atoms with van der Waals surface area (Å²) in [5.41, 5.74) is -0.119. The molecule has 8 heteroatoms. The van der Waals surface area contributed by atoms with Gasteiger partial charge in [0.25, 0.3) is 0 Å². The third kappa shape index (κ3) is 4.25. The maximum absolute atomic E-state index is 13.3. The Morgan fingerprint density at radius 3 is 2.67 bits per heavy atom. The van der Waals surface area contributed by atoms with Gasteiger partial charge in [-0.2, -0.15) is 13.2 Å². The summed E-state index contributed by atoms with van der Waals surface area (Å²) in [6.07, 6.45) is -1.08. The molecule has 2 unspecified atom stereocenters. The zero-order valence-electron chi connectivity index (χ0n) is 14.3. The van der Waals surface area contributed by atoms with Crippen LogP contribution in [-0.4, -0.2) is 33.5 Å². The van der Waals surface area contributed by atoms with Gasteiger partial charge in [-0.3, -0.25) is 14.7 Å². The van der Waals surface area contributed by atoms with Crippen molar-refractivity contribution in [2.75, 3.05) is 6.54 Å².